The quantitative estimate of drug-likeness (QED) is 0.238. The van der Waals surface area contributed by atoms with Crippen molar-refractivity contribution in [3.63, 3.8) is 0 Å². The van der Waals surface area contributed by atoms with E-state index in [4.69, 9.17) is 0 Å². The molecule has 0 aliphatic rings. The minimum absolute atomic E-state index is 0.0807. The molecule has 0 atom stereocenters. The summed E-state index contributed by atoms with van der Waals surface area (Å²) in [7, 11) is -3.25. The number of nitrogens with one attached hydrogen (secondary N) is 2. The van der Waals surface area contributed by atoms with Gasteiger partial charge in [-0.3, -0.25) is 9.72 Å². The SMILES string of the molecule is CC(C)(C)c1cc(NC(=O)NCc2ccc(-c3cnc4cc(-c5ccc(S(C)(=O)=O)cc5)ccn34)cc2)n(CCO)n1. The minimum atomic E-state index is -3.25. The first-order valence-corrected chi connectivity index (χ1v) is 15.4. The monoisotopic (exact) mass is 586 g/mol. The van der Waals surface area contributed by atoms with E-state index in [1.165, 1.54) is 6.26 Å². The number of carbonyl (C=O) groups is 1. The lowest BCUT2D eigenvalue weighted by atomic mass is 9.92. The second kappa shape index (κ2) is 11.4. The molecule has 11 heteroatoms. The number of aromatic nitrogens is 4. The first kappa shape index (κ1) is 29.0. The van der Waals surface area contributed by atoms with E-state index in [0.717, 1.165) is 39.3 Å². The van der Waals surface area contributed by atoms with Crippen LogP contribution in [0.15, 0.2) is 84.0 Å². The molecule has 0 saturated carbocycles. The molecule has 0 bridgehead atoms. The van der Waals surface area contributed by atoms with Crippen LogP contribution in [0.3, 0.4) is 0 Å². The lowest BCUT2D eigenvalue weighted by Crippen LogP contribution is -2.29. The zero-order valence-corrected chi connectivity index (χ0v) is 24.8. The van der Waals surface area contributed by atoms with Crippen LogP contribution < -0.4 is 10.6 Å². The summed E-state index contributed by atoms with van der Waals surface area (Å²) in [5, 5.41) is 19.6. The van der Waals surface area contributed by atoms with Crippen LogP contribution in [-0.2, 0) is 28.3 Å². The van der Waals surface area contributed by atoms with Crippen LogP contribution in [0.5, 0.6) is 0 Å². The number of amides is 2. The molecule has 0 fully saturated rings. The molecule has 2 amide bonds. The van der Waals surface area contributed by atoms with Crippen LogP contribution in [-0.4, -0.2) is 51.6 Å². The molecule has 3 N–H and O–H groups in total. The maximum atomic E-state index is 12.6. The van der Waals surface area contributed by atoms with Crippen molar-refractivity contribution in [3.8, 4) is 22.4 Å². The molecule has 10 nitrogen and oxygen atoms in total. The van der Waals surface area contributed by atoms with E-state index in [2.05, 4.69) is 20.7 Å². The van der Waals surface area contributed by atoms with Crippen molar-refractivity contribution >= 4 is 27.3 Å². The predicted octanol–water partition coefficient (Wildman–Crippen LogP) is 4.88. The second-order valence-electron chi connectivity index (χ2n) is 11.2. The number of sulfone groups is 1. The van der Waals surface area contributed by atoms with Gasteiger partial charge in [0.2, 0.25) is 0 Å². The fraction of sp³-hybridized carbons (Fsp3) is 0.258. The number of pyridine rings is 1. The van der Waals surface area contributed by atoms with E-state index >= 15 is 0 Å². The molecular weight excluding hydrogens is 552 g/mol. The standard InChI is InChI=1S/C31H34N6O4S/c1-31(2,3)27-18-29(37(35-27)15-16-38)34-30(39)33-19-21-5-7-23(8-6-21)26-20-32-28-17-24(13-14-36(26)28)22-9-11-25(12-10-22)42(4,40)41/h5-14,17-18,20,38H,15-16,19H2,1-4H3,(H2,33,34,39). The van der Waals surface area contributed by atoms with Crippen molar-refractivity contribution < 1.29 is 18.3 Å². The molecule has 0 aliphatic carbocycles. The van der Waals surface area contributed by atoms with Crippen LogP contribution in [0, 0.1) is 0 Å². The van der Waals surface area contributed by atoms with Gasteiger partial charge in [-0.1, -0.05) is 57.2 Å². The number of aliphatic hydroxyl groups excluding tert-OH is 1. The van der Waals surface area contributed by atoms with Crippen LogP contribution >= 0.6 is 0 Å². The third kappa shape index (κ3) is 6.37. The largest absolute Gasteiger partial charge is 0.394 e. The van der Waals surface area contributed by atoms with Gasteiger partial charge in [-0.05, 0) is 41.0 Å². The number of fused-ring (bicyclic) bond motifs is 1. The number of imidazole rings is 1. The van der Waals surface area contributed by atoms with Gasteiger partial charge in [0.05, 0.1) is 35.6 Å². The topological polar surface area (TPSA) is 131 Å². The van der Waals surface area contributed by atoms with Gasteiger partial charge in [0.1, 0.15) is 11.5 Å². The number of urea groups is 1. The number of carbonyl (C=O) groups excluding carboxylic acids is 1. The van der Waals surface area contributed by atoms with Gasteiger partial charge in [0.15, 0.2) is 9.84 Å². The number of nitrogens with zero attached hydrogens (tertiary/aromatic N) is 4. The Labute approximate surface area is 245 Å². The van der Waals surface area contributed by atoms with Crippen LogP contribution in [0.25, 0.3) is 28.0 Å². The zero-order chi connectivity index (χ0) is 30.1. The Balaban J connectivity index is 1.25. The van der Waals surface area contributed by atoms with Crippen molar-refractivity contribution in [3.05, 3.63) is 90.4 Å². The van der Waals surface area contributed by atoms with Crippen molar-refractivity contribution in [1.29, 1.82) is 0 Å². The highest BCUT2D eigenvalue weighted by atomic mass is 32.2. The summed E-state index contributed by atoms with van der Waals surface area (Å²) in [6, 6.07) is 20.1. The molecule has 2 aromatic carbocycles. The van der Waals surface area contributed by atoms with E-state index in [1.807, 2.05) is 80.0 Å². The average molecular weight is 587 g/mol. The van der Waals surface area contributed by atoms with Crippen LogP contribution in [0.1, 0.15) is 32.0 Å². The number of hydrogen-bond donors (Lipinski definition) is 3. The molecule has 5 rings (SSSR count). The molecule has 0 aliphatic heterocycles. The van der Waals surface area contributed by atoms with Gasteiger partial charge in [-0.25, -0.2) is 22.9 Å². The number of rotatable bonds is 8. The van der Waals surface area contributed by atoms with Gasteiger partial charge in [0, 0.05) is 36.0 Å². The summed E-state index contributed by atoms with van der Waals surface area (Å²) < 4.78 is 27.1. The molecule has 218 valence electrons. The summed E-state index contributed by atoms with van der Waals surface area (Å²) in [6.07, 6.45) is 4.96. The van der Waals surface area contributed by atoms with Crippen LogP contribution in [0.2, 0.25) is 0 Å². The Hall–Kier alpha value is -4.48. The van der Waals surface area contributed by atoms with Gasteiger partial charge in [-0.2, -0.15) is 5.10 Å². The highest BCUT2D eigenvalue weighted by Gasteiger charge is 2.20. The molecule has 42 heavy (non-hydrogen) atoms. The van der Waals surface area contributed by atoms with Crippen molar-refractivity contribution in [2.45, 2.75) is 44.2 Å². The Morgan fingerprint density at radius 3 is 2.29 bits per heavy atom. The van der Waals surface area contributed by atoms with E-state index in [0.29, 0.717) is 12.4 Å². The summed E-state index contributed by atoms with van der Waals surface area (Å²) >= 11 is 0. The third-order valence-corrected chi connectivity index (χ3v) is 8.06. The number of benzene rings is 2. The van der Waals surface area contributed by atoms with Crippen molar-refractivity contribution in [2.24, 2.45) is 0 Å². The highest BCUT2D eigenvalue weighted by Crippen LogP contribution is 2.27. The normalized spacial score (nSPS) is 12.0. The summed E-state index contributed by atoms with van der Waals surface area (Å²) in [5.74, 6) is 0.531. The molecule has 3 heterocycles. The maximum Gasteiger partial charge on any atom is 0.320 e. The average Bonchev–Trinajstić information content (AvgIpc) is 3.56. The molecular formula is C31H34N6O4S. The molecule has 5 aromatic rings. The van der Waals surface area contributed by atoms with Gasteiger partial charge >= 0.3 is 6.03 Å². The third-order valence-electron chi connectivity index (χ3n) is 6.93. The lowest BCUT2D eigenvalue weighted by molar-refractivity contribution is 0.250. The Kier molecular flexibility index (Phi) is 7.89. The molecule has 0 spiro atoms. The first-order chi connectivity index (χ1) is 19.9. The second-order valence-corrected chi connectivity index (χ2v) is 13.2. The number of hydrogen-bond acceptors (Lipinski definition) is 6. The molecule has 0 saturated heterocycles. The summed E-state index contributed by atoms with van der Waals surface area (Å²) in [6.45, 7) is 6.67. The molecule has 0 radical (unpaired) electrons. The minimum Gasteiger partial charge on any atom is -0.394 e. The lowest BCUT2D eigenvalue weighted by Gasteiger charge is -2.13. The van der Waals surface area contributed by atoms with Crippen molar-refractivity contribution in [1.82, 2.24) is 24.5 Å². The van der Waals surface area contributed by atoms with E-state index in [1.54, 1.807) is 28.9 Å². The highest BCUT2D eigenvalue weighted by molar-refractivity contribution is 7.90. The smallest absolute Gasteiger partial charge is 0.320 e. The van der Waals surface area contributed by atoms with Gasteiger partial charge < -0.3 is 10.4 Å². The first-order valence-electron chi connectivity index (χ1n) is 13.5. The number of anilines is 1. The fourth-order valence-corrected chi connectivity index (χ4v) is 5.18. The Morgan fingerprint density at radius 1 is 0.952 bits per heavy atom. The van der Waals surface area contributed by atoms with Crippen molar-refractivity contribution in [2.75, 3.05) is 18.2 Å². The Morgan fingerprint density at radius 2 is 1.64 bits per heavy atom. The van der Waals surface area contributed by atoms with E-state index in [9.17, 15) is 18.3 Å². The molecule has 0 unspecified atom stereocenters. The fourth-order valence-electron chi connectivity index (χ4n) is 4.55. The van der Waals surface area contributed by atoms with Gasteiger partial charge in [-0.15, -0.1) is 0 Å². The predicted molar refractivity (Wildman–Crippen MR) is 163 cm³/mol. The summed E-state index contributed by atoms with van der Waals surface area (Å²) in [4.78, 5) is 17.5. The van der Waals surface area contributed by atoms with E-state index in [-0.39, 0.29) is 29.5 Å². The summed E-state index contributed by atoms with van der Waals surface area (Å²) in [5.41, 5.74) is 6.09. The Bertz CT molecular complexity index is 1830. The number of aliphatic hydroxyl groups is 1. The zero-order valence-electron chi connectivity index (χ0n) is 24.0. The van der Waals surface area contributed by atoms with E-state index < -0.39 is 9.84 Å². The maximum absolute atomic E-state index is 12.6. The molecule has 3 aromatic heterocycles. The van der Waals surface area contributed by atoms with Crippen LogP contribution in [0.4, 0.5) is 10.6 Å². The van der Waals surface area contributed by atoms with Gasteiger partial charge in [0.25, 0.3) is 0 Å².